The number of rotatable bonds is 4. The van der Waals surface area contributed by atoms with E-state index in [-0.39, 0.29) is 5.92 Å². The minimum atomic E-state index is 0.0387. The lowest BCUT2D eigenvalue weighted by Crippen LogP contribution is -2.11. The van der Waals surface area contributed by atoms with E-state index in [0.717, 1.165) is 56.4 Å². The minimum absolute atomic E-state index is 0.0387. The molecular formula is C39H25N3OS. The second-order valence-corrected chi connectivity index (χ2v) is 12.2. The van der Waals surface area contributed by atoms with Crippen LogP contribution in [0.1, 0.15) is 28.6 Å². The van der Waals surface area contributed by atoms with Crippen LogP contribution in [-0.4, -0.2) is 15.0 Å². The summed E-state index contributed by atoms with van der Waals surface area (Å²) in [6, 6.07) is 41.7. The van der Waals surface area contributed by atoms with Gasteiger partial charge in [0.1, 0.15) is 17.0 Å². The number of furan rings is 1. The maximum Gasteiger partial charge on any atom is 0.164 e. The Morgan fingerprint density at radius 3 is 2.14 bits per heavy atom. The van der Waals surface area contributed by atoms with E-state index < -0.39 is 0 Å². The van der Waals surface area contributed by atoms with Gasteiger partial charge in [0.05, 0.1) is 5.92 Å². The summed E-state index contributed by atoms with van der Waals surface area (Å²) in [7, 11) is 0. The predicted molar refractivity (Wildman–Crippen MR) is 181 cm³/mol. The Kier molecular flexibility index (Phi) is 5.78. The highest BCUT2D eigenvalue weighted by Crippen LogP contribution is 2.45. The molecule has 0 saturated carbocycles. The molecule has 0 amide bonds. The molecule has 0 saturated heterocycles. The predicted octanol–water partition coefficient (Wildman–Crippen LogP) is 10.5. The molecule has 0 spiro atoms. The number of fused-ring (bicyclic) bond motifs is 6. The maximum absolute atomic E-state index is 6.56. The summed E-state index contributed by atoms with van der Waals surface area (Å²) in [5.74, 6) is 2.16. The van der Waals surface area contributed by atoms with Crippen LogP contribution in [0, 0.1) is 0 Å². The van der Waals surface area contributed by atoms with Gasteiger partial charge in [-0.15, -0.1) is 11.3 Å². The third kappa shape index (κ3) is 4.01. The lowest BCUT2D eigenvalue weighted by Gasteiger charge is -2.19. The van der Waals surface area contributed by atoms with Crippen molar-refractivity contribution in [2.75, 3.05) is 0 Å². The van der Waals surface area contributed by atoms with Crippen molar-refractivity contribution in [2.24, 2.45) is 0 Å². The summed E-state index contributed by atoms with van der Waals surface area (Å²) >= 11 is 1.84. The van der Waals surface area contributed by atoms with Gasteiger partial charge in [0.2, 0.25) is 0 Å². The molecule has 0 fully saturated rings. The van der Waals surface area contributed by atoms with Gasteiger partial charge >= 0.3 is 0 Å². The van der Waals surface area contributed by atoms with Gasteiger partial charge in [-0.2, -0.15) is 0 Å². The zero-order valence-corrected chi connectivity index (χ0v) is 24.5. The first-order valence-electron chi connectivity index (χ1n) is 14.8. The Morgan fingerprint density at radius 1 is 0.614 bits per heavy atom. The van der Waals surface area contributed by atoms with Crippen LogP contribution >= 0.6 is 11.3 Å². The van der Waals surface area contributed by atoms with Crippen molar-refractivity contribution in [2.45, 2.75) is 12.3 Å². The van der Waals surface area contributed by atoms with Gasteiger partial charge in [-0.3, -0.25) is 0 Å². The molecule has 0 bridgehead atoms. The zero-order chi connectivity index (χ0) is 29.0. The van der Waals surface area contributed by atoms with Gasteiger partial charge in [-0.1, -0.05) is 109 Å². The number of aromatic nitrogens is 3. The highest BCUT2D eigenvalue weighted by molar-refractivity contribution is 7.19. The molecule has 1 aliphatic rings. The van der Waals surface area contributed by atoms with Crippen molar-refractivity contribution >= 4 is 49.4 Å². The third-order valence-corrected chi connectivity index (χ3v) is 9.78. The molecule has 44 heavy (non-hydrogen) atoms. The van der Waals surface area contributed by atoms with Gasteiger partial charge in [-0.05, 0) is 47.2 Å². The fourth-order valence-corrected chi connectivity index (χ4v) is 7.71. The third-order valence-electron chi connectivity index (χ3n) is 8.48. The van der Waals surface area contributed by atoms with Gasteiger partial charge in [0.15, 0.2) is 11.6 Å². The van der Waals surface area contributed by atoms with E-state index >= 15 is 0 Å². The lowest BCUT2D eigenvalue weighted by molar-refractivity contribution is 0.670. The second-order valence-electron chi connectivity index (χ2n) is 11.1. The molecule has 3 aromatic heterocycles. The van der Waals surface area contributed by atoms with Crippen LogP contribution in [0.3, 0.4) is 0 Å². The monoisotopic (exact) mass is 583 g/mol. The maximum atomic E-state index is 6.56. The van der Waals surface area contributed by atoms with Crippen LogP contribution in [0.15, 0.2) is 132 Å². The fraction of sp³-hybridized carbons (Fsp3) is 0.0513. The smallest absolute Gasteiger partial charge is 0.164 e. The molecule has 1 atom stereocenters. The molecule has 0 radical (unpaired) electrons. The first-order chi connectivity index (χ1) is 21.8. The van der Waals surface area contributed by atoms with Gasteiger partial charge in [-0.25, -0.2) is 15.0 Å². The molecule has 5 heteroatoms. The van der Waals surface area contributed by atoms with Crippen molar-refractivity contribution < 1.29 is 4.42 Å². The van der Waals surface area contributed by atoms with Crippen LogP contribution < -0.4 is 0 Å². The quantitative estimate of drug-likeness (QED) is 0.207. The molecule has 8 aromatic rings. The van der Waals surface area contributed by atoms with E-state index in [1.54, 1.807) is 0 Å². The first kappa shape index (κ1) is 25.1. The van der Waals surface area contributed by atoms with E-state index in [2.05, 4.69) is 97.1 Å². The average molecular weight is 584 g/mol. The standard InChI is InChI=1S/C39H25N3OS/c1-3-12-24(13-4-1)26-22-23-30(34-29-17-7-9-20-32(29)43-35(26)34)38-40-37(25-14-5-2-6-15-25)41-39(42-38)31-19-11-18-28-27-16-8-10-21-33(27)44-36(28)31/h1-18,20-23,31H,19H2. The van der Waals surface area contributed by atoms with Crippen molar-refractivity contribution in [1.82, 2.24) is 15.0 Å². The van der Waals surface area contributed by atoms with Crippen molar-refractivity contribution in [3.63, 3.8) is 0 Å². The van der Waals surface area contributed by atoms with E-state index in [9.17, 15) is 0 Å². The molecular weight excluding hydrogens is 559 g/mol. The van der Waals surface area contributed by atoms with Crippen LogP contribution in [-0.2, 0) is 0 Å². The van der Waals surface area contributed by atoms with E-state index in [4.69, 9.17) is 19.4 Å². The molecule has 1 unspecified atom stereocenters. The molecule has 208 valence electrons. The SMILES string of the molecule is C1=Cc2c(sc3ccccc23)C(c2nc(-c3ccccc3)nc(-c3ccc(-c4ccccc4)c4oc5ccccc5c34)n2)C1. The normalized spacial score (nSPS) is 14.4. The summed E-state index contributed by atoms with van der Waals surface area (Å²) in [6.07, 6.45) is 5.36. The van der Waals surface area contributed by atoms with Crippen LogP contribution in [0.4, 0.5) is 0 Å². The van der Waals surface area contributed by atoms with E-state index in [1.165, 1.54) is 20.5 Å². The van der Waals surface area contributed by atoms with Gasteiger partial charge < -0.3 is 4.42 Å². The summed E-state index contributed by atoms with van der Waals surface area (Å²) < 4.78 is 7.85. The number of hydrogen-bond acceptors (Lipinski definition) is 5. The highest BCUT2D eigenvalue weighted by Gasteiger charge is 2.28. The van der Waals surface area contributed by atoms with Crippen LogP contribution in [0.25, 0.3) is 72.0 Å². The number of para-hydroxylation sites is 1. The Bertz CT molecular complexity index is 2370. The van der Waals surface area contributed by atoms with Gasteiger partial charge in [0, 0.05) is 37.0 Å². The lowest BCUT2D eigenvalue weighted by atomic mass is 9.92. The Labute approximate surface area is 258 Å². The Morgan fingerprint density at radius 2 is 1.30 bits per heavy atom. The second kappa shape index (κ2) is 10.1. The topological polar surface area (TPSA) is 51.8 Å². The van der Waals surface area contributed by atoms with E-state index in [0.29, 0.717) is 11.6 Å². The van der Waals surface area contributed by atoms with E-state index in [1.807, 2.05) is 47.7 Å². The largest absolute Gasteiger partial charge is 0.455 e. The molecule has 9 rings (SSSR count). The summed E-state index contributed by atoms with van der Waals surface area (Å²) in [5.41, 5.74) is 7.02. The Hall–Kier alpha value is -5.39. The summed E-state index contributed by atoms with van der Waals surface area (Å²) in [6.45, 7) is 0. The fourth-order valence-electron chi connectivity index (χ4n) is 6.41. The number of hydrogen-bond donors (Lipinski definition) is 0. The van der Waals surface area contributed by atoms with Crippen molar-refractivity contribution in [1.29, 1.82) is 0 Å². The molecule has 4 nitrogen and oxygen atoms in total. The van der Waals surface area contributed by atoms with Crippen LogP contribution in [0.2, 0.25) is 0 Å². The molecule has 5 aromatic carbocycles. The summed E-state index contributed by atoms with van der Waals surface area (Å²) in [4.78, 5) is 16.9. The average Bonchev–Trinajstić information content (AvgIpc) is 3.68. The molecule has 1 aliphatic carbocycles. The van der Waals surface area contributed by atoms with Crippen molar-refractivity contribution in [3.05, 3.63) is 144 Å². The number of thiophene rings is 1. The van der Waals surface area contributed by atoms with Crippen molar-refractivity contribution in [3.8, 4) is 33.9 Å². The number of allylic oxidation sites excluding steroid dienone is 1. The van der Waals surface area contributed by atoms with Gasteiger partial charge in [0.25, 0.3) is 0 Å². The zero-order valence-electron chi connectivity index (χ0n) is 23.6. The molecule has 0 N–H and O–H groups in total. The molecule has 0 aliphatic heterocycles. The van der Waals surface area contributed by atoms with Crippen LogP contribution in [0.5, 0.6) is 0 Å². The molecule has 3 heterocycles. The number of benzene rings is 5. The summed E-state index contributed by atoms with van der Waals surface area (Å²) in [5, 5.41) is 3.35. The highest BCUT2D eigenvalue weighted by atomic mass is 32.1. The minimum Gasteiger partial charge on any atom is -0.455 e. The number of nitrogens with zero attached hydrogens (tertiary/aromatic N) is 3. The Balaban J connectivity index is 1.31. The first-order valence-corrected chi connectivity index (χ1v) is 15.6.